The second-order valence-corrected chi connectivity index (χ2v) is 8.28. The van der Waals surface area contributed by atoms with Crippen molar-refractivity contribution in [2.75, 3.05) is 19.0 Å². The molecule has 1 aromatic heterocycles. The van der Waals surface area contributed by atoms with Crippen molar-refractivity contribution in [2.45, 2.75) is 13.0 Å². The van der Waals surface area contributed by atoms with Crippen molar-refractivity contribution in [1.82, 2.24) is 4.90 Å². The molecule has 176 valence electrons. The van der Waals surface area contributed by atoms with Crippen molar-refractivity contribution in [3.05, 3.63) is 107 Å². The summed E-state index contributed by atoms with van der Waals surface area (Å²) in [5.74, 6) is 1.06. The summed E-state index contributed by atoms with van der Waals surface area (Å²) in [6.45, 7) is 1.01. The lowest BCUT2D eigenvalue weighted by Gasteiger charge is -2.26. The van der Waals surface area contributed by atoms with Crippen LogP contribution in [-0.4, -0.2) is 30.4 Å². The molecule has 6 nitrogen and oxygen atoms in total. The monoisotopic (exact) mass is 470 g/mol. The third kappa shape index (κ3) is 4.66. The number of anilines is 1. The van der Waals surface area contributed by atoms with Crippen LogP contribution in [0.5, 0.6) is 5.75 Å². The quantitative estimate of drug-likeness (QED) is 0.415. The molecule has 0 aliphatic carbocycles. The zero-order valence-corrected chi connectivity index (χ0v) is 19.1. The molecule has 0 fully saturated rings. The first kappa shape index (κ1) is 22.4. The van der Waals surface area contributed by atoms with Crippen molar-refractivity contribution in [2.24, 2.45) is 0 Å². The smallest absolute Gasteiger partial charge is 0.258 e. The van der Waals surface area contributed by atoms with Crippen LogP contribution in [0.3, 0.4) is 0 Å². The van der Waals surface area contributed by atoms with Crippen LogP contribution in [0.4, 0.5) is 10.1 Å². The number of furan rings is 1. The molecule has 0 atom stereocenters. The normalized spacial score (nSPS) is 12.7. The van der Waals surface area contributed by atoms with Gasteiger partial charge in [-0.15, -0.1) is 0 Å². The highest BCUT2D eigenvalue weighted by atomic mass is 19.1. The first-order valence-electron chi connectivity index (χ1n) is 11.2. The Morgan fingerprint density at radius 2 is 1.80 bits per heavy atom. The Morgan fingerprint density at radius 1 is 1.00 bits per heavy atom. The number of ether oxygens (including phenoxy) is 1. The highest BCUT2D eigenvalue weighted by molar-refractivity contribution is 6.04. The lowest BCUT2D eigenvalue weighted by atomic mass is 10.1. The summed E-state index contributed by atoms with van der Waals surface area (Å²) >= 11 is 0. The highest BCUT2D eigenvalue weighted by Crippen LogP contribution is 2.31. The summed E-state index contributed by atoms with van der Waals surface area (Å²) in [5.41, 5.74) is 2.85. The molecule has 7 heteroatoms. The maximum atomic E-state index is 13.9. The Hall–Kier alpha value is -4.39. The topological polar surface area (TPSA) is 71.8 Å². The van der Waals surface area contributed by atoms with Gasteiger partial charge in [0, 0.05) is 41.9 Å². The molecular formula is C28H23FN2O4. The summed E-state index contributed by atoms with van der Waals surface area (Å²) in [7, 11) is 1.59. The van der Waals surface area contributed by atoms with E-state index in [1.54, 1.807) is 60.5 Å². The molecule has 35 heavy (non-hydrogen) atoms. The van der Waals surface area contributed by atoms with Crippen molar-refractivity contribution < 1.29 is 23.1 Å². The number of carbonyl (C=O) groups is 2. The SMILES string of the molecule is COc1ccc(C(=O)N2CCc3oc(-c4cccc(NC(=O)c5ccccc5F)c4)cc3C2)cc1. The molecule has 4 aromatic rings. The zero-order chi connectivity index (χ0) is 24.4. The second kappa shape index (κ2) is 9.46. The van der Waals surface area contributed by atoms with Crippen LogP contribution in [0, 0.1) is 5.82 Å². The fraction of sp³-hybridized carbons (Fsp3) is 0.143. The number of nitrogens with one attached hydrogen (secondary N) is 1. The first-order valence-corrected chi connectivity index (χ1v) is 11.2. The average molecular weight is 471 g/mol. The van der Waals surface area contributed by atoms with E-state index in [0.717, 1.165) is 16.9 Å². The number of hydrogen-bond donors (Lipinski definition) is 1. The van der Waals surface area contributed by atoms with Gasteiger partial charge in [-0.2, -0.15) is 0 Å². The van der Waals surface area contributed by atoms with Gasteiger partial charge in [-0.3, -0.25) is 9.59 Å². The number of carbonyl (C=O) groups excluding carboxylic acids is 2. The molecule has 0 bridgehead atoms. The van der Waals surface area contributed by atoms with Crippen LogP contribution < -0.4 is 10.1 Å². The van der Waals surface area contributed by atoms with Gasteiger partial charge in [0.05, 0.1) is 12.7 Å². The van der Waals surface area contributed by atoms with E-state index in [2.05, 4.69) is 5.32 Å². The van der Waals surface area contributed by atoms with Gasteiger partial charge in [0.1, 0.15) is 23.1 Å². The third-order valence-electron chi connectivity index (χ3n) is 6.01. The van der Waals surface area contributed by atoms with Crippen molar-refractivity contribution >= 4 is 17.5 Å². The first-order chi connectivity index (χ1) is 17.0. The molecule has 0 radical (unpaired) electrons. The fourth-order valence-electron chi connectivity index (χ4n) is 4.16. The van der Waals surface area contributed by atoms with Crippen LogP contribution in [0.25, 0.3) is 11.3 Å². The van der Waals surface area contributed by atoms with Crippen LogP contribution in [-0.2, 0) is 13.0 Å². The average Bonchev–Trinajstić information content (AvgIpc) is 3.32. The molecule has 0 saturated heterocycles. The number of fused-ring (bicyclic) bond motifs is 1. The number of nitrogens with zero attached hydrogens (tertiary/aromatic N) is 1. The maximum absolute atomic E-state index is 13.9. The standard InChI is InChI=1S/C28H23FN2O4/c1-34-22-11-9-18(10-12-22)28(33)31-14-13-25-20(17-31)16-26(35-25)19-5-4-6-21(15-19)30-27(32)23-7-2-3-8-24(23)29/h2-12,15-16H,13-14,17H2,1H3,(H,30,32). The van der Waals surface area contributed by atoms with E-state index in [4.69, 9.17) is 9.15 Å². The van der Waals surface area contributed by atoms with E-state index in [-0.39, 0.29) is 11.5 Å². The molecule has 2 amide bonds. The number of rotatable bonds is 5. The van der Waals surface area contributed by atoms with Crippen LogP contribution in [0.2, 0.25) is 0 Å². The van der Waals surface area contributed by atoms with E-state index in [1.807, 2.05) is 12.1 Å². The Balaban J connectivity index is 1.32. The summed E-state index contributed by atoms with van der Waals surface area (Å²) in [6.07, 6.45) is 0.612. The number of halogens is 1. The van der Waals surface area contributed by atoms with E-state index in [0.29, 0.717) is 42.3 Å². The zero-order valence-electron chi connectivity index (χ0n) is 19.1. The molecule has 1 aliphatic heterocycles. The molecule has 0 spiro atoms. The summed E-state index contributed by atoms with van der Waals surface area (Å²) in [5, 5.41) is 2.74. The predicted molar refractivity (Wildman–Crippen MR) is 130 cm³/mol. The van der Waals surface area contributed by atoms with Crippen molar-refractivity contribution in [1.29, 1.82) is 0 Å². The van der Waals surface area contributed by atoms with Gasteiger partial charge in [-0.1, -0.05) is 24.3 Å². The molecule has 1 N–H and O–H groups in total. The number of amides is 2. The number of methoxy groups -OCH3 is 1. The molecular weight excluding hydrogens is 447 g/mol. The largest absolute Gasteiger partial charge is 0.497 e. The third-order valence-corrected chi connectivity index (χ3v) is 6.01. The highest BCUT2D eigenvalue weighted by Gasteiger charge is 2.25. The van der Waals surface area contributed by atoms with E-state index in [1.165, 1.54) is 18.2 Å². The predicted octanol–water partition coefficient (Wildman–Crippen LogP) is 5.55. The molecule has 2 heterocycles. The minimum atomic E-state index is -0.575. The van der Waals surface area contributed by atoms with Gasteiger partial charge in [0.25, 0.3) is 11.8 Å². The van der Waals surface area contributed by atoms with Gasteiger partial charge in [-0.05, 0) is 54.6 Å². The Morgan fingerprint density at radius 3 is 2.57 bits per heavy atom. The van der Waals surface area contributed by atoms with Gasteiger partial charge in [0.15, 0.2) is 0 Å². The summed E-state index contributed by atoms with van der Waals surface area (Å²) in [4.78, 5) is 27.2. The fourth-order valence-corrected chi connectivity index (χ4v) is 4.16. The Bertz CT molecular complexity index is 1390. The molecule has 3 aromatic carbocycles. The van der Waals surface area contributed by atoms with Crippen LogP contribution in [0.15, 0.2) is 83.3 Å². The Labute approximate surface area is 201 Å². The van der Waals surface area contributed by atoms with Gasteiger partial charge < -0.3 is 19.4 Å². The number of benzene rings is 3. The van der Waals surface area contributed by atoms with E-state index in [9.17, 15) is 14.0 Å². The van der Waals surface area contributed by atoms with Crippen LogP contribution in [0.1, 0.15) is 32.0 Å². The number of hydrogen-bond acceptors (Lipinski definition) is 4. The molecule has 1 aliphatic rings. The Kier molecular flexibility index (Phi) is 6.06. The molecule has 0 saturated carbocycles. The second-order valence-electron chi connectivity index (χ2n) is 8.28. The summed E-state index contributed by atoms with van der Waals surface area (Å²) < 4.78 is 25.2. The van der Waals surface area contributed by atoms with Crippen molar-refractivity contribution in [3.63, 3.8) is 0 Å². The van der Waals surface area contributed by atoms with Gasteiger partial charge in [-0.25, -0.2) is 4.39 Å². The van der Waals surface area contributed by atoms with Crippen LogP contribution >= 0.6 is 0 Å². The van der Waals surface area contributed by atoms with E-state index >= 15 is 0 Å². The minimum Gasteiger partial charge on any atom is -0.497 e. The lowest BCUT2D eigenvalue weighted by molar-refractivity contribution is 0.0729. The lowest BCUT2D eigenvalue weighted by Crippen LogP contribution is -2.35. The van der Waals surface area contributed by atoms with Gasteiger partial charge >= 0.3 is 0 Å². The molecule has 0 unspecified atom stereocenters. The summed E-state index contributed by atoms with van der Waals surface area (Å²) in [6, 6.07) is 22.0. The maximum Gasteiger partial charge on any atom is 0.258 e. The molecule has 5 rings (SSSR count). The van der Waals surface area contributed by atoms with Crippen molar-refractivity contribution in [3.8, 4) is 17.1 Å². The van der Waals surface area contributed by atoms with E-state index < -0.39 is 11.7 Å². The minimum absolute atomic E-state index is 0.0204. The van der Waals surface area contributed by atoms with Gasteiger partial charge in [0.2, 0.25) is 0 Å².